The van der Waals surface area contributed by atoms with E-state index in [1.54, 1.807) is 12.1 Å². The molecule has 31 heavy (non-hydrogen) atoms. The fourth-order valence-corrected chi connectivity index (χ4v) is 3.33. The zero-order valence-corrected chi connectivity index (χ0v) is 18.0. The van der Waals surface area contributed by atoms with Crippen molar-refractivity contribution in [3.05, 3.63) is 107 Å². The molecule has 4 aromatic rings. The molecule has 0 bridgehead atoms. The maximum atomic E-state index is 12.6. The lowest BCUT2D eigenvalue weighted by molar-refractivity contribution is 0.0907. The minimum atomic E-state index is -0.251. The predicted molar refractivity (Wildman–Crippen MR) is 121 cm³/mol. The maximum Gasteiger partial charge on any atom is 0.287 e. The van der Waals surface area contributed by atoms with Gasteiger partial charge in [-0.1, -0.05) is 18.2 Å². The van der Waals surface area contributed by atoms with Crippen molar-refractivity contribution in [3.8, 4) is 11.4 Å². The number of nitrogens with one attached hydrogen (secondary N) is 1. The van der Waals surface area contributed by atoms with E-state index >= 15 is 0 Å². The molecule has 0 spiro atoms. The number of nitrogens with zero attached hydrogens (tertiary/aromatic N) is 1. The minimum absolute atomic E-state index is 0.147. The van der Waals surface area contributed by atoms with Crippen LogP contribution in [0.15, 0.2) is 83.5 Å². The van der Waals surface area contributed by atoms with Crippen molar-refractivity contribution in [1.82, 2.24) is 9.88 Å². The molecule has 0 radical (unpaired) electrons. The van der Waals surface area contributed by atoms with Crippen molar-refractivity contribution in [2.45, 2.75) is 33.4 Å². The number of aryl methyl sites for hydroxylation is 2. The molecule has 0 aliphatic rings. The summed E-state index contributed by atoms with van der Waals surface area (Å²) in [5.74, 6) is 1.41. The topological polar surface area (TPSA) is 56.4 Å². The molecule has 2 aromatic heterocycles. The average molecular weight is 415 g/mol. The third-order valence-electron chi connectivity index (χ3n) is 5.39. The number of benzene rings is 2. The van der Waals surface area contributed by atoms with Gasteiger partial charge in [-0.3, -0.25) is 4.79 Å². The summed E-state index contributed by atoms with van der Waals surface area (Å²) in [6.07, 6.45) is 4.00. The fourth-order valence-electron chi connectivity index (χ4n) is 3.33. The number of rotatable bonds is 7. The molecule has 1 amide bonds. The Hall–Kier alpha value is -3.73. The molecule has 0 saturated heterocycles. The van der Waals surface area contributed by atoms with Crippen LogP contribution in [-0.2, 0) is 6.61 Å². The van der Waals surface area contributed by atoms with Gasteiger partial charge in [0, 0.05) is 18.1 Å². The molecule has 1 atom stereocenters. The van der Waals surface area contributed by atoms with E-state index in [2.05, 4.69) is 12.2 Å². The molecule has 5 heteroatoms. The number of ether oxygens (including phenoxy) is 1. The van der Waals surface area contributed by atoms with Gasteiger partial charge in [-0.25, -0.2) is 0 Å². The highest BCUT2D eigenvalue weighted by Crippen LogP contribution is 2.20. The van der Waals surface area contributed by atoms with Crippen molar-refractivity contribution in [2.24, 2.45) is 0 Å². The Morgan fingerprint density at radius 2 is 1.74 bits per heavy atom. The SMILES string of the molecule is Cc1ccc(OCc2ccc(C(=O)NC(C)c3ccc(-n4cccc4)cc3)o2)cc1C. The Bertz CT molecular complexity index is 1160. The van der Waals surface area contributed by atoms with Crippen LogP contribution in [0.4, 0.5) is 0 Å². The number of amides is 1. The van der Waals surface area contributed by atoms with Crippen molar-refractivity contribution in [3.63, 3.8) is 0 Å². The molecule has 2 aromatic carbocycles. The first-order chi connectivity index (χ1) is 15.0. The van der Waals surface area contributed by atoms with Gasteiger partial charge in [0.15, 0.2) is 5.76 Å². The Kier molecular flexibility index (Phi) is 5.94. The van der Waals surface area contributed by atoms with Crippen LogP contribution >= 0.6 is 0 Å². The zero-order chi connectivity index (χ0) is 21.8. The number of carbonyl (C=O) groups is 1. The Morgan fingerprint density at radius 3 is 2.45 bits per heavy atom. The molecule has 2 heterocycles. The van der Waals surface area contributed by atoms with Crippen LogP contribution in [0.25, 0.3) is 5.69 Å². The fraction of sp³-hybridized carbons (Fsp3) is 0.192. The summed E-state index contributed by atoms with van der Waals surface area (Å²) in [5.41, 5.74) is 4.49. The highest BCUT2D eigenvalue weighted by molar-refractivity contribution is 5.91. The van der Waals surface area contributed by atoms with Gasteiger partial charge in [0.2, 0.25) is 0 Å². The predicted octanol–water partition coefficient (Wildman–Crippen LogP) is 5.76. The Morgan fingerprint density at radius 1 is 1.00 bits per heavy atom. The van der Waals surface area contributed by atoms with E-state index in [0.29, 0.717) is 5.76 Å². The van der Waals surface area contributed by atoms with Gasteiger partial charge in [-0.05, 0) is 86.0 Å². The van der Waals surface area contributed by atoms with Gasteiger partial charge in [-0.2, -0.15) is 0 Å². The molecule has 0 aliphatic carbocycles. The highest BCUT2D eigenvalue weighted by Gasteiger charge is 2.15. The van der Waals surface area contributed by atoms with Crippen LogP contribution in [0, 0.1) is 13.8 Å². The summed E-state index contributed by atoms with van der Waals surface area (Å²) in [7, 11) is 0. The maximum absolute atomic E-state index is 12.6. The van der Waals surface area contributed by atoms with E-state index in [4.69, 9.17) is 9.15 Å². The van der Waals surface area contributed by atoms with Crippen LogP contribution in [0.2, 0.25) is 0 Å². The summed E-state index contributed by atoms with van der Waals surface area (Å²) >= 11 is 0. The Balaban J connectivity index is 1.34. The van der Waals surface area contributed by atoms with Gasteiger partial charge >= 0.3 is 0 Å². The van der Waals surface area contributed by atoms with Crippen LogP contribution in [-0.4, -0.2) is 10.5 Å². The van der Waals surface area contributed by atoms with Crippen LogP contribution < -0.4 is 10.1 Å². The summed E-state index contributed by atoms with van der Waals surface area (Å²) in [6, 6.07) is 21.3. The summed E-state index contributed by atoms with van der Waals surface area (Å²) in [5, 5.41) is 2.99. The summed E-state index contributed by atoms with van der Waals surface area (Å²) in [4.78, 5) is 12.6. The van der Waals surface area contributed by atoms with E-state index in [0.717, 1.165) is 17.0 Å². The van der Waals surface area contributed by atoms with E-state index in [1.807, 2.05) is 85.4 Å². The smallest absolute Gasteiger partial charge is 0.287 e. The number of furan rings is 1. The number of hydrogen-bond acceptors (Lipinski definition) is 3. The summed E-state index contributed by atoms with van der Waals surface area (Å²) in [6.45, 7) is 6.34. The van der Waals surface area contributed by atoms with Crippen molar-refractivity contribution in [1.29, 1.82) is 0 Å². The van der Waals surface area contributed by atoms with Gasteiger partial charge in [0.25, 0.3) is 5.91 Å². The summed E-state index contributed by atoms with van der Waals surface area (Å²) < 4.78 is 13.5. The minimum Gasteiger partial charge on any atom is -0.486 e. The lowest BCUT2D eigenvalue weighted by Crippen LogP contribution is -2.26. The molecular weight excluding hydrogens is 388 g/mol. The largest absolute Gasteiger partial charge is 0.486 e. The monoisotopic (exact) mass is 414 g/mol. The second kappa shape index (κ2) is 8.96. The molecule has 0 fully saturated rings. The van der Waals surface area contributed by atoms with Gasteiger partial charge in [0.1, 0.15) is 18.1 Å². The normalized spacial score (nSPS) is 11.8. The highest BCUT2D eigenvalue weighted by atomic mass is 16.5. The number of carbonyl (C=O) groups excluding carboxylic acids is 1. The van der Waals surface area contributed by atoms with Crippen LogP contribution in [0.5, 0.6) is 5.75 Å². The molecule has 0 aliphatic heterocycles. The van der Waals surface area contributed by atoms with Crippen LogP contribution in [0.3, 0.4) is 0 Å². The molecule has 158 valence electrons. The van der Waals surface area contributed by atoms with Crippen molar-refractivity contribution >= 4 is 5.91 Å². The first-order valence-electron chi connectivity index (χ1n) is 10.3. The standard InChI is InChI=1S/C26H26N2O3/c1-18-6-11-23(16-19(18)2)30-17-24-12-13-25(31-24)26(29)27-20(3)21-7-9-22(10-8-21)28-14-4-5-15-28/h4-16,20H,17H2,1-3H3,(H,27,29). The lowest BCUT2D eigenvalue weighted by Gasteiger charge is -2.14. The molecule has 0 saturated carbocycles. The third-order valence-corrected chi connectivity index (χ3v) is 5.39. The Labute approximate surface area is 182 Å². The number of aromatic nitrogens is 1. The van der Waals surface area contributed by atoms with Crippen LogP contribution in [0.1, 0.15) is 46.0 Å². The molecular formula is C26H26N2O3. The van der Waals surface area contributed by atoms with E-state index < -0.39 is 0 Å². The average Bonchev–Trinajstić information content (AvgIpc) is 3.47. The molecule has 5 nitrogen and oxygen atoms in total. The third kappa shape index (κ3) is 4.89. The van der Waals surface area contributed by atoms with Crippen molar-refractivity contribution < 1.29 is 13.9 Å². The molecule has 1 N–H and O–H groups in total. The number of hydrogen-bond donors (Lipinski definition) is 1. The van der Waals surface area contributed by atoms with Crippen molar-refractivity contribution in [2.75, 3.05) is 0 Å². The lowest BCUT2D eigenvalue weighted by atomic mass is 10.1. The molecule has 1 unspecified atom stereocenters. The van der Waals surface area contributed by atoms with E-state index in [1.165, 1.54) is 11.1 Å². The van der Waals surface area contributed by atoms with Gasteiger partial charge in [0.05, 0.1) is 6.04 Å². The van der Waals surface area contributed by atoms with E-state index in [9.17, 15) is 4.79 Å². The van der Waals surface area contributed by atoms with Gasteiger partial charge < -0.3 is 19.0 Å². The first kappa shape index (κ1) is 20.5. The molecule has 4 rings (SSSR count). The first-order valence-corrected chi connectivity index (χ1v) is 10.3. The zero-order valence-electron chi connectivity index (χ0n) is 18.0. The van der Waals surface area contributed by atoms with Gasteiger partial charge in [-0.15, -0.1) is 0 Å². The second-order valence-corrected chi connectivity index (χ2v) is 7.68. The quantitative estimate of drug-likeness (QED) is 0.418. The second-order valence-electron chi connectivity index (χ2n) is 7.68. The van der Waals surface area contributed by atoms with E-state index in [-0.39, 0.29) is 24.3 Å².